The molecule has 0 radical (unpaired) electrons. The van der Waals surface area contributed by atoms with Gasteiger partial charge in [-0.1, -0.05) is 33.3 Å². The van der Waals surface area contributed by atoms with Gasteiger partial charge < -0.3 is 9.64 Å². The first-order valence-corrected chi connectivity index (χ1v) is 10.8. The molecule has 1 aliphatic carbocycles. The fraction of sp³-hybridized carbons (Fsp3) is 0.636. The van der Waals surface area contributed by atoms with Crippen LogP contribution < -0.4 is 0 Å². The van der Waals surface area contributed by atoms with E-state index < -0.39 is 0 Å². The Morgan fingerprint density at radius 3 is 2.79 bits per heavy atom. The zero-order valence-corrected chi connectivity index (χ0v) is 17.6. The van der Waals surface area contributed by atoms with Crippen LogP contribution in [0.2, 0.25) is 0 Å². The molecule has 2 atom stereocenters. The van der Waals surface area contributed by atoms with E-state index in [4.69, 9.17) is 14.8 Å². The average Bonchev–Trinajstić information content (AvgIpc) is 3.47. The number of hydrogen-bond acceptors (Lipinski definition) is 5. The van der Waals surface area contributed by atoms with Gasteiger partial charge in [-0.2, -0.15) is 5.10 Å². The number of nitrogens with zero attached hydrogens (tertiary/aromatic N) is 5. The molecule has 2 aromatic heterocycles. The number of rotatable bonds is 8. The highest BCUT2D eigenvalue weighted by molar-refractivity contribution is 5.79. The van der Waals surface area contributed by atoms with Crippen molar-refractivity contribution in [1.29, 1.82) is 0 Å². The molecule has 1 saturated heterocycles. The number of hydrogen-bond donors (Lipinski definition) is 0. The van der Waals surface area contributed by atoms with Crippen molar-refractivity contribution in [3.8, 4) is 0 Å². The van der Waals surface area contributed by atoms with Crippen LogP contribution in [0.4, 0.5) is 0 Å². The van der Waals surface area contributed by atoms with Crippen molar-refractivity contribution < 1.29 is 9.53 Å². The van der Waals surface area contributed by atoms with Crippen molar-refractivity contribution in [3.63, 3.8) is 0 Å². The largest absolute Gasteiger partial charge is 0.358 e. The van der Waals surface area contributed by atoms with Crippen molar-refractivity contribution in [1.82, 2.24) is 24.6 Å². The molecule has 7 nitrogen and oxygen atoms in total. The van der Waals surface area contributed by atoms with Crippen LogP contribution in [0.1, 0.15) is 75.8 Å². The first-order valence-electron chi connectivity index (χ1n) is 10.8. The van der Waals surface area contributed by atoms with Crippen LogP contribution in [0.25, 0.3) is 0 Å². The Morgan fingerprint density at radius 2 is 2.14 bits per heavy atom. The van der Waals surface area contributed by atoms with E-state index in [0.29, 0.717) is 12.0 Å². The van der Waals surface area contributed by atoms with Crippen molar-refractivity contribution in [3.05, 3.63) is 41.7 Å². The minimum atomic E-state index is -0.331. The molecule has 2 fully saturated rings. The second-order valence-corrected chi connectivity index (χ2v) is 8.56. The van der Waals surface area contributed by atoms with Gasteiger partial charge in [-0.15, -0.1) is 0 Å². The third-order valence-corrected chi connectivity index (χ3v) is 5.54. The number of amides is 1. The van der Waals surface area contributed by atoms with Gasteiger partial charge in [-0.25, -0.2) is 9.67 Å². The molecule has 1 saturated carbocycles. The number of pyridine rings is 1. The molecule has 29 heavy (non-hydrogen) atoms. The Kier molecular flexibility index (Phi) is 5.94. The lowest BCUT2D eigenvalue weighted by Crippen LogP contribution is -2.47. The molecular weight excluding hydrogens is 366 g/mol. The maximum atomic E-state index is 12.8. The van der Waals surface area contributed by atoms with Gasteiger partial charge in [0.05, 0.1) is 6.04 Å². The smallest absolute Gasteiger partial charge is 0.249 e. The van der Waals surface area contributed by atoms with E-state index in [2.05, 4.69) is 25.8 Å². The fourth-order valence-corrected chi connectivity index (χ4v) is 4.05. The van der Waals surface area contributed by atoms with Gasteiger partial charge in [0.25, 0.3) is 0 Å². The Morgan fingerprint density at radius 1 is 1.31 bits per heavy atom. The van der Waals surface area contributed by atoms with Crippen LogP contribution in [-0.4, -0.2) is 43.2 Å². The third kappa shape index (κ3) is 4.34. The van der Waals surface area contributed by atoms with Gasteiger partial charge in [0.15, 0.2) is 11.6 Å². The summed E-state index contributed by atoms with van der Waals surface area (Å²) in [5.74, 6) is 2.23. The highest BCUT2D eigenvalue weighted by Crippen LogP contribution is 2.44. The van der Waals surface area contributed by atoms with Gasteiger partial charge in [-0.05, 0) is 36.8 Å². The lowest BCUT2D eigenvalue weighted by atomic mass is 9.98. The third-order valence-electron chi connectivity index (χ3n) is 5.54. The molecule has 1 aliphatic heterocycles. The molecule has 0 aromatic carbocycles. The van der Waals surface area contributed by atoms with E-state index in [0.717, 1.165) is 55.9 Å². The van der Waals surface area contributed by atoms with Gasteiger partial charge in [0.2, 0.25) is 5.91 Å². The van der Waals surface area contributed by atoms with Gasteiger partial charge >= 0.3 is 0 Å². The number of unbranched alkanes of at least 4 members (excludes halogenated alkanes) is 1. The Bertz CT molecular complexity index is 831. The van der Waals surface area contributed by atoms with Crippen molar-refractivity contribution in [2.45, 2.75) is 77.6 Å². The van der Waals surface area contributed by atoms with E-state index in [1.54, 1.807) is 6.20 Å². The zero-order valence-electron chi connectivity index (χ0n) is 17.6. The zero-order chi connectivity index (χ0) is 20.4. The molecule has 2 aromatic rings. The summed E-state index contributed by atoms with van der Waals surface area (Å²) in [7, 11) is 0. The molecule has 2 aliphatic rings. The predicted molar refractivity (Wildman–Crippen MR) is 109 cm³/mol. The summed E-state index contributed by atoms with van der Waals surface area (Å²) in [6.45, 7) is 7.44. The van der Waals surface area contributed by atoms with Crippen LogP contribution in [0.5, 0.6) is 0 Å². The molecule has 1 amide bonds. The van der Waals surface area contributed by atoms with E-state index in [9.17, 15) is 4.79 Å². The number of aromatic nitrogens is 4. The predicted octanol–water partition coefficient (Wildman–Crippen LogP) is 3.48. The highest BCUT2D eigenvalue weighted by atomic mass is 16.5. The maximum absolute atomic E-state index is 12.8. The first kappa shape index (κ1) is 20.0. The van der Waals surface area contributed by atoms with Crippen LogP contribution in [-0.2, 0) is 22.5 Å². The van der Waals surface area contributed by atoms with E-state index in [1.807, 2.05) is 27.9 Å². The molecule has 0 spiro atoms. The summed E-state index contributed by atoms with van der Waals surface area (Å²) < 4.78 is 8.16. The van der Waals surface area contributed by atoms with Crippen molar-refractivity contribution in [2.24, 2.45) is 5.92 Å². The summed E-state index contributed by atoms with van der Waals surface area (Å²) in [5.41, 5.74) is 0.993. The molecule has 3 heterocycles. The topological polar surface area (TPSA) is 73.1 Å². The fourth-order valence-electron chi connectivity index (χ4n) is 4.05. The lowest BCUT2D eigenvalue weighted by Gasteiger charge is -2.41. The molecule has 0 unspecified atom stereocenters. The molecule has 0 bridgehead atoms. The van der Waals surface area contributed by atoms with E-state index in [-0.39, 0.29) is 24.7 Å². The Labute approximate surface area is 172 Å². The highest BCUT2D eigenvalue weighted by Gasteiger charge is 2.47. The minimum absolute atomic E-state index is 0.0552. The second-order valence-electron chi connectivity index (χ2n) is 8.56. The monoisotopic (exact) mass is 397 g/mol. The number of morpholine rings is 1. The average molecular weight is 398 g/mol. The van der Waals surface area contributed by atoms with Crippen LogP contribution in [0, 0.1) is 5.92 Å². The SMILES string of the molecule is CCCCn1nc(CC(C)C)nc1[C@H]1OCC(=O)N(C2CC2)[C@@H]1c1cccnc1. The minimum Gasteiger partial charge on any atom is -0.358 e. The molecule has 4 rings (SSSR count). The number of ether oxygens (including phenoxy) is 1. The standard InChI is InChI=1S/C22H31N5O2/c1-4-5-11-26-22(24-18(25-26)12-15(2)3)21-20(16-7-6-10-23-13-16)27(17-8-9-17)19(28)14-29-21/h6-7,10,13,15,17,20-21H,4-5,8-9,11-12,14H2,1-3H3/t20-,21+/m1/s1. The quantitative estimate of drug-likeness (QED) is 0.682. The normalized spacial score (nSPS) is 22.5. The van der Waals surface area contributed by atoms with E-state index >= 15 is 0 Å². The Balaban J connectivity index is 1.74. The number of carbonyl (C=O) groups excluding carboxylic acids is 1. The second kappa shape index (κ2) is 8.61. The summed E-state index contributed by atoms with van der Waals surface area (Å²) in [5, 5.41) is 4.80. The summed E-state index contributed by atoms with van der Waals surface area (Å²) in [6.07, 6.45) is 8.33. The lowest BCUT2D eigenvalue weighted by molar-refractivity contribution is -0.160. The summed E-state index contributed by atoms with van der Waals surface area (Å²) >= 11 is 0. The van der Waals surface area contributed by atoms with Crippen molar-refractivity contribution >= 4 is 5.91 Å². The molecule has 0 N–H and O–H groups in total. The number of aryl methyl sites for hydroxylation is 1. The van der Waals surface area contributed by atoms with Crippen LogP contribution in [0.3, 0.4) is 0 Å². The van der Waals surface area contributed by atoms with Crippen LogP contribution >= 0.6 is 0 Å². The van der Waals surface area contributed by atoms with Crippen LogP contribution in [0.15, 0.2) is 24.5 Å². The van der Waals surface area contributed by atoms with Crippen molar-refractivity contribution in [2.75, 3.05) is 6.61 Å². The molecular formula is C22H31N5O2. The molecule has 156 valence electrons. The van der Waals surface area contributed by atoms with E-state index in [1.165, 1.54) is 0 Å². The first-order chi connectivity index (χ1) is 14.1. The van der Waals surface area contributed by atoms with Gasteiger partial charge in [0, 0.05) is 31.4 Å². The Hall–Kier alpha value is -2.28. The van der Waals surface area contributed by atoms with Gasteiger partial charge in [0.1, 0.15) is 12.7 Å². The maximum Gasteiger partial charge on any atom is 0.249 e. The molecule has 7 heteroatoms. The van der Waals surface area contributed by atoms with Gasteiger partial charge in [-0.3, -0.25) is 9.78 Å². The summed E-state index contributed by atoms with van der Waals surface area (Å²) in [6, 6.07) is 4.03. The summed E-state index contributed by atoms with van der Waals surface area (Å²) in [4.78, 5) is 24.0. The number of carbonyl (C=O) groups is 1.